The molecule has 1 aromatic rings. The molecule has 0 radical (unpaired) electrons. The Balaban J connectivity index is 1.50. The minimum atomic E-state index is 0.904. The maximum atomic E-state index is 4.39. The number of hydrogen-bond donors (Lipinski definition) is 1. The molecule has 4 heteroatoms. The van der Waals surface area contributed by atoms with Crippen LogP contribution in [-0.2, 0) is 13.5 Å². The fourth-order valence-corrected chi connectivity index (χ4v) is 3.13. The monoisotopic (exact) mass is 292 g/mol. The Labute approximate surface area is 129 Å². The lowest BCUT2D eigenvalue weighted by Gasteiger charge is -2.32. The molecule has 1 N–H and O–H groups in total. The van der Waals surface area contributed by atoms with Crippen LogP contribution in [0.25, 0.3) is 0 Å². The molecular weight excluding hydrogens is 260 g/mol. The average molecular weight is 292 g/mol. The van der Waals surface area contributed by atoms with E-state index in [0.29, 0.717) is 0 Å². The smallest absolute Gasteiger partial charge is 0.0946 e. The third kappa shape index (κ3) is 6.18. The van der Waals surface area contributed by atoms with Gasteiger partial charge in [0.1, 0.15) is 0 Å². The highest BCUT2D eigenvalue weighted by Crippen LogP contribution is 2.17. The van der Waals surface area contributed by atoms with Crippen LogP contribution >= 0.6 is 0 Å². The van der Waals surface area contributed by atoms with E-state index < -0.39 is 0 Å². The fraction of sp³-hybridized carbons (Fsp3) is 0.824. The van der Waals surface area contributed by atoms with Crippen molar-refractivity contribution in [1.82, 2.24) is 19.8 Å². The van der Waals surface area contributed by atoms with Gasteiger partial charge in [-0.2, -0.15) is 0 Å². The molecule has 1 aliphatic rings. The van der Waals surface area contributed by atoms with Crippen LogP contribution in [0.4, 0.5) is 0 Å². The van der Waals surface area contributed by atoms with Crippen molar-refractivity contribution in [2.75, 3.05) is 32.7 Å². The summed E-state index contributed by atoms with van der Waals surface area (Å²) in [5.41, 5.74) is 1.23. The van der Waals surface area contributed by atoms with E-state index in [1.165, 1.54) is 70.5 Å². The maximum absolute atomic E-state index is 4.39. The molecule has 0 aromatic carbocycles. The number of nitrogens with zero attached hydrogens (tertiary/aromatic N) is 3. The van der Waals surface area contributed by atoms with Crippen molar-refractivity contribution in [3.8, 4) is 0 Å². The minimum absolute atomic E-state index is 0.904. The molecule has 0 unspecified atom stereocenters. The average Bonchev–Trinajstić information content (AvgIpc) is 2.91. The summed E-state index contributed by atoms with van der Waals surface area (Å²) in [7, 11) is 2.04. The van der Waals surface area contributed by atoms with Gasteiger partial charge in [-0.3, -0.25) is 0 Å². The van der Waals surface area contributed by atoms with E-state index in [2.05, 4.69) is 28.3 Å². The first-order valence-corrected chi connectivity index (χ1v) is 8.68. The number of hydrogen-bond acceptors (Lipinski definition) is 3. The maximum Gasteiger partial charge on any atom is 0.0946 e. The lowest BCUT2D eigenvalue weighted by atomic mass is 9.96. The summed E-state index contributed by atoms with van der Waals surface area (Å²) >= 11 is 0. The van der Waals surface area contributed by atoms with E-state index in [1.54, 1.807) is 0 Å². The van der Waals surface area contributed by atoms with Gasteiger partial charge < -0.3 is 14.8 Å². The quantitative estimate of drug-likeness (QED) is 0.710. The van der Waals surface area contributed by atoms with Crippen molar-refractivity contribution < 1.29 is 0 Å². The normalized spacial score (nSPS) is 17.4. The Morgan fingerprint density at radius 2 is 2.10 bits per heavy atom. The molecule has 0 aliphatic carbocycles. The third-order valence-electron chi connectivity index (χ3n) is 4.48. The van der Waals surface area contributed by atoms with Crippen LogP contribution < -0.4 is 5.32 Å². The van der Waals surface area contributed by atoms with Crippen LogP contribution in [0.2, 0.25) is 0 Å². The first-order chi connectivity index (χ1) is 10.3. The molecule has 4 nitrogen and oxygen atoms in total. The molecule has 1 saturated heterocycles. The first kappa shape index (κ1) is 16.5. The third-order valence-corrected chi connectivity index (χ3v) is 4.48. The molecule has 2 heterocycles. The van der Waals surface area contributed by atoms with Gasteiger partial charge in [-0.15, -0.1) is 0 Å². The van der Waals surface area contributed by atoms with Crippen LogP contribution in [-0.4, -0.2) is 47.2 Å². The molecule has 2 rings (SSSR count). The van der Waals surface area contributed by atoms with Gasteiger partial charge in [0.15, 0.2) is 0 Å². The Morgan fingerprint density at radius 3 is 2.76 bits per heavy atom. The van der Waals surface area contributed by atoms with Gasteiger partial charge >= 0.3 is 0 Å². The van der Waals surface area contributed by atoms with Gasteiger partial charge in [-0.25, -0.2) is 4.98 Å². The van der Waals surface area contributed by atoms with Gasteiger partial charge in [0.2, 0.25) is 0 Å². The Morgan fingerprint density at radius 1 is 1.29 bits per heavy atom. The lowest BCUT2D eigenvalue weighted by molar-refractivity contribution is 0.180. The number of likely N-dealkylation sites (tertiary alicyclic amines) is 1. The minimum Gasteiger partial charge on any atom is -0.340 e. The van der Waals surface area contributed by atoms with E-state index in [1.807, 2.05) is 17.9 Å². The molecule has 120 valence electrons. The SMILES string of the molecule is CCCNCC1CCN(CCCCc2cn(C)cn2)CC1. The van der Waals surface area contributed by atoms with Crippen LogP contribution in [0, 0.1) is 5.92 Å². The zero-order chi connectivity index (χ0) is 14.9. The van der Waals surface area contributed by atoms with Crippen LogP contribution in [0.5, 0.6) is 0 Å². The van der Waals surface area contributed by atoms with Crippen molar-refractivity contribution in [2.45, 2.75) is 45.4 Å². The van der Waals surface area contributed by atoms with Crippen molar-refractivity contribution in [3.05, 3.63) is 18.2 Å². The van der Waals surface area contributed by atoms with Gasteiger partial charge in [0.05, 0.1) is 12.0 Å². The number of aryl methyl sites for hydroxylation is 2. The number of nitrogens with one attached hydrogen (secondary N) is 1. The predicted octanol–water partition coefficient (Wildman–Crippen LogP) is 2.45. The van der Waals surface area contributed by atoms with E-state index >= 15 is 0 Å². The number of rotatable bonds is 9. The molecule has 1 aliphatic heterocycles. The highest BCUT2D eigenvalue weighted by Gasteiger charge is 2.18. The summed E-state index contributed by atoms with van der Waals surface area (Å²) in [6.07, 6.45) is 11.7. The standard InChI is InChI=1S/C17H32N4/c1-3-9-18-13-16-7-11-21(12-8-16)10-5-4-6-17-14-20(2)15-19-17/h14-16,18H,3-13H2,1-2H3. The highest BCUT2D eigenvalue weighted by molar-refractivity contribution is 4.95. The predicted molar refractivity (Wildman–Crippen MR) is 88.5 cm³/mol. The zero-order valence-electron chi connectivity index (χ0n) is 13.9. The largest absolute Gasteiger partial charge is 0.340 e. The Hall–Kier alpha value is -0.870. The van der Waals surface area contributed by atoms with E-state index in [4.69, 9.17) is 0 Å². The molecule has 1 aromatic heterocycles. The summed E-state index contributed by atoms with van der Waals surface area (Å²) in [6, 6.07) is 0. The molecule has 1 fully saturated rings. The van der Waals surface area contributed by atoms with Crippen molar-refractivity contribution in [2.24, 2.45) is 13.0 Å². The second-order valence-corrected chi connectivity index (χ2v) is 6.48. The number of imidazole rings is 1. The molecule has 0 amide bonds. The summed E-state index contributed by atoms with van der Waals surface area (Å²) < 4.78 is 2.03. The molecule has 0 saturated carbocycles. The van der Waals surface area contributed by atoms with Crippen molar-refractivity contribution in [3.63, 3.8) is 0 Å². The van der Waals surface area contributed by atoms with E-state index in [-0.39, 0.29) is 0 Å². The molecule has 0 atom stereocenters. The van der Waals surface area contributed by atoms with E-state index in [0.717, 1.165) is 12.3 Å². The summed E-state index contributed by atoms with van der Waals surface area (Å²) in [4.78, 5) is 7.04. The van der Waals surface area contributed by atoms with Crippen LogP contribution in [0.1, 0.15) is 44.7 Å². The second-order valence-electron chi connectivity index (χ2n) is 6.48. The summed E-state index contributed by atoms with van der Waals surface area (Å²) in [5.74, 6) is 0.904. The van der Waals surface area contributed by atoms with Gasteiger partial charge in [-0.05, 0) is 77.2 Å². The van der Waals surface area contributed by atoms with Crippen LogP contribution in [0.3, 0.4) is 0 Å². The number of aromatic nitrogens is 2. The van der Waals surface area contributed by atoms with Crippen molar-refractivity contribution in [1.29, 1.82) is 0 Å². The molecule has 0 spiro atoms. The Bertz CT molecular complexity index is 380. The first-order valence-electron chi connectivity index (χ1n) is 8.68. The number of unbranched alkanes of at least 4 members (excludes halogenated alkanes) is 1. The molecule has 0 bridgehead atoms. The summed E-state index contributed by atoms with van der Waals surface area (Å²) in [5, 5.41) is 3.56. The van der Waals surface area contributed by atoms with Crippen LogP contribution in [0.15, 0.2) is 12.5 Å². The van der Waals surface area contributed by atoms with Gasteiger partial charge in [0.25, 0.3) is 0 Å². The fourth-order valence-electron chi connectivity index (χ4n) is 3.13. The topological polar surface area (TPSA) is 33.1 Å². The van der Waals surface area contributed by atoms with Gasteiger partial charge in [0, 0.05) is 13.2 Å². The molecular formula is C17H32N4. The highest BCUT2D eigenvalue weighted by atomic mass is 15.1. The zero-order valence-corrected chi connectivity index (χ0v) is 13.9. The van der Waals surface area contributed by atoms with Crippen molar-refractivity contribution >= 4 is 0 Å². The Kier molecular flexibility index (Phi) is 7.24. The molecule has 21 heavy (non-hydrogen) atoms. The van der Waals surface area contributed by atoms with Gasteiger partial charge in [-0.1, -0.05) is 6.92 Å². The lowest BCUT2D eigenvalue weighted by Crippen LogP contribution is -2.37. The second kappa shape index (κ2) is 9.21. The number of piperidine rings is 1. The van der Waals surface area contributed by atoms with E-state index in [9.17, 15) is 0 Å². The summed E-state index contributed by atoms with van der Waals surface area (Å²) in [6.45, 7) is 8.49.